The number of hydrogen-bond donors (Lipinski definition) is 1. The van der Waals surface area contributed by atoms with Gasteiger partial charge in [-0.1, -0.05) is 15.9 Å². The van der Waals surface area contributed by atoms with Crippen LogP contribution >= 0.6 is 15.9 Å². The molecule has 0 aromatic rings. The van der Waals surface area contributed by atoms with Gasteiger partial charge >= 0.3 is 0 Å². The minimum absolute atomic E-state index is 0.892. The monoisotopic (exact) mass is 237 g/mol. The van der Waals surface area contributed by atoms with Gasteiger partial charge in [-0.25, -0.2) is 0 Å². The Kier molecular flexibility index (Phi) is 11.8. The van der Waals surface area contributed by atoms with Crippen molar-refractivity contribution in [2.24, 2.45) is 0 Å². The number of methoxy groups -OCH3 is 1. The van der Waals surface area contributed by atoms with Crippen molar-refractivity contribution in [3.8, 4) is 0 Å². The molecule has 0 fully saturated rings. The number of nitrogens with one attached hydrogen (secondary N) is 1. The molecule has 0 spiro atoms. The minimum atomic E-state index is 0.892. The third-order valence-corrected chi connectivity index (χ3v) is 2.25. The minimum Gasteiger partial charge on any atom is -0.385 e. The summed E-state index contributed by atoms with van der Waals surface area (Å²) in [5.41, 5.74) is 0. The summed E-state index contributed by atoms with van der Waals surface area (Å²) in [5, 5.41) is 4.53. The zero-order chi connectivity index (χ0) is 9.07. The maximum Gasteiger partial charge on any atom is 0.0462 e. The second kappa shape index (κ2) is 11.4. The molecule has 0 atom stereocenters. The van der Waals surface area contributed by atoms with Gasteiger partial charge in [0.25, 0.3) is 0 Å². The first-order chi connectivity index (χ1) is 5.91. The topological polar surface area (TPSA) is 21.3 Å². The smallest absolute Gasteiger partial charge is 0.0462 e. The first-order valence-electron chi connectivity index (χ1n) is 4.67. The second-order valence-electron chi connectivity index (χ2n) is 2.85. The van der Waals surface area contributed by atoms with Crippen molar-refractivity contribution in [3.05, 3.63) is 0 Å². The highest BCUT2D eigenvalue weighted by molar-refractivity contribution is 9.09. The van der Waals surface area contributed by atoms with Crippen LogP contribution in [-0.2, 0) is 4.74 Å². The molecule has 0 aliphatic carbocycles. The lowest BCUT2D eigenvalue weighted by atomic mass is 10.3. The number of alkyl halides is 1. The fourth-order valence-corrected chi connectivity index (χ4v) is 1.36. The Labute approximate surface area is 84.2 Å². The molecule has 0 aromatic carbocycles. The first-order valence-corrected chi connectivity index (χ1v) is 5.79. The highest BCUT2D eigenvalue weighted by Gasteiger charge is 1.88. The maximum atomic E-state index is 4.95. The normalized spacial score (nSPS) is 10.5. The molecule has 0 amide bonds. The largest absolute Gasteiger partial charge is 0.385 e. The summed E-state index contributed by atoms with van der Waals surface area (Å²) in [5.74, 6) is 0. The van der Waals surface area contributed by atoms with E-state index < -0.39 is 0 Å². The molecule has 2 nitrogen and oxygen atoms in total. The Bertz CT molecular complexity index is 70.9. The molecule has 0 aliphatic rings. The van der Waals surface area contributed by atoms with Crippen molar-refractivity contribution >= 4 is 15.9 Å². The van der Waals surface area contributed by atoms with Crippen molar-refractivity contribution in [2.45, 2.75) is 25.7 Å². The van der Waals surface area contributed by atoms with Crippen molar-refractivity contribution in [2.75, 3.05) is 32.1 Å². The third-order valence-electron chi connectivity index (χ3n) is 1.69. The number of rotatable bonds is 9. The van der Waals surface area contributed by atoms with Gasteiger partial charge in [-0.15, -0.1) is 0 Å². The van der Waals surface area contributed by atoms with Crippen LogP contribution in [0.15, 0.2) is 0 Å². The van der Waals surface area contributed by atoms with Gasteiger partial charge in [-0.3, -0.25) is 0 Å². The highest BCUT2D eigenvalue weighted by atomic mass is 79.9. The van der Waals surface area contributed by atoms with Crippen LogP contribution in [0.25, 0.3) is 0 Å². The molecular weight excluding hydrogens is 218 g/mol. The van der Waals surface area contributed by atoms with E-state index in [1.807, 2.05) is 0 Å². The van der Waals surface area contributed by atoms with Crippen molar-refractivity contribution in [3.63, 3.8) is 0 Å². The zero-order valence-electron chi connectivity index (χ0n) is 7.94. The van der Waals surface area contributed by atoms with Gasteiger partial charge in [-0.05, 0) is 38.8 Å². The molecule has 0 bridgehead atoms. The summed E-state index contributed by atoms with van der Waals surface area (Å²) in [4.78, 5) is 0. The summed E-state index contributed by atoms with van der Waals surface area (Å²) >= 11 is 3.41. The van der Waals surface area contributed by atoms with Crippen molar-refractivity contribution in [1.82, 2.24) is 5.32 Å². The fourth-order valence-electron chi connectivity index (χ4n) is 0.966. The number of hydrogen-bond acceptors (Lipinski definition) is 2. The molecule has 74 valence electrons. The van der Waals surface area contributed by atoms with E-state index in [9.17, 15) is 0 Å². The first kappa shape index (κ1) is 12.4. The summed E-state index contributed by atoms with van der Waals surface area (Å²) in [6.07, 6.45) is 4.94. The lowest BCUT2D eigenvalue weighted by molar-refractivity contribution is 0.192. The predicted octanol–water partition coefficient (Wildman–Crippen LogP) is 2.18. The quantitative estimate of drug-likeness (QED) is 0.491. The lowest BCUT2D eigenvalue weighted by Crippen LogP contribution is -2.17. The number of ether oxygens (including phenoxy) is 1. The van der Waals surface area contributed by atoms with Crippen molar-refractivity contribution < 1.29 is 4.74 Å². The van der Waals surface area contributed by atoms with E-state index in [-0.39, 0.29) is 0 Å². The zero-order valence-corrected chi connectivity index (χ0v) is 9.53. The van der Waals surface area contributed by atoms with E-state index in [1.54, 1.807) is 7.11 Å². The van der Waals surface area contributed by atoms with Gasteiger partial charge < -0.3 is 10.1 Å². The van der Waals surface area contributed by atoms with E-state index in [0.29, 0.717) is 0 Å². The summed E-state index contributed by atoms with van der Waals surface area (Å²) in [6.45, 7) is 3.17. The number of unbranched alkanes of at least 4 members (excludes halogenated alkanes) is 2. The third kappa shape index (κ3) is 10.4. The van der Waals surface area contributed by atoms with E-state index in [4.69, 9.17) is 4.74 Å². The molecule has 0 aliphatic heterocycles. The van der Waals surface area contributed by atoms with Crippen LogP contribution in [0.3, 0.4) is 0 Å². The Morgan fingerprint density at radius 3 is 2.33 bits per heavy atom. The molecule has 1 N–H and O–H groups in total. The van der Waals surface area contributed by atoms with Gasteiger partial charge in [0.1, 0.15) is 0 Å². The lowest BCUT2D eigenvalue weighted by Gasteiger charge is -2.02. The highest BCUT2D eigenvalue weighted by Crippen LogP contribution is 1.92. The van der Waals surface area contributed by atoms with Gasteiger partial charge in [0.15, 0.2) is 0 Å². The molecule has 3 heteroatoms. The van der Waals surface area contributed by atoms with Gasteiger partial charge in [0, 0.05) is 19.0 Å². The molecule has 12 heavy (non-hydrogen) atoms. The molecule has 0 saturated heterocycles. The molecular formula is C9H20BrNO. The van der Waals surface area contributed by atoms with E-state index in [1.165, 1.54) is 25.7 Å². The van der Waals surface area contributed by atoms with Gasteiger partial charge in [0.05, 0.1) is 0 Å². The van der Waals surface area contributed by atoms with E-state index in [0.717, 1.165) is 25.0 Å². The molecule has 0 heterocycles. The predicted molar refractivity (Wildman–Crippen MR) is 57.0 cm³/mol. The van der Waals surface area contributed by atoms with E-state index >= 15 is 0 Å². The molecule has 0 aromatic heterocycles. The standard InChI is InChI=1S/C9H20BrNO/c1-12-9-5-4-8-11-7-3-2-6-10/h11H,2-9H2,1H3. The molecule has 0 unspecified atom stereocenters. The average molecular weight is 238 g/mol. The van der Waals surface area contributed by atoms with E-state index in [2.05, 4.69) is 21.2 Å². The van der Waals surface area contributed by atoms with Crippen LogP contribution in [0.4, 0.5) is 0 Å². The average Bonchev–Trinajstić information content (AvgIpc) is 2.10. The van der Waals surface area contributed by atoms with Gasteiger partial charge in [-0.2, -0.15) is 0 Å². The summed E-state index contributed by atoms with van der Waals surface area (Å²) < 4.78 is 4.95. The Balaban J connectivity index is 2.73. The van der Waals surface area contributed by atoms with Gasteiger partial charge in [0.2, 0.25) is 0 Å². The Morgan fingerprint density at radius 2 is 1.75 bits per heavy atom. The molecule has 0 rings (SSSR count). The van der Waals surface area contributed by atoms with Crippen molar-refractivity contribution in [1.29, 1.82) is 0 Å². The molecule has 0 radical (unpaired) electrons. The maximum absolute atomic E-state index is 4.95. The molecule has 0 saturated carbocycles. The fraction of sp³-hybridized carbons (Fsp3) is 1.00. The van der Waals surface area contributed by atoms with Crippen LogP contribution in [0, 0.1) is 0 Å². The van der Waals surface area contributed by atoms with Crippen LogP contribution in [0.2, 0.25) is 0 Å². The second-order valence-corrected chi connectivity index (χ2v) is 3.64. The van der Waals surface area contributed by atoms with Crippen LogP contribution in [-0.4, -0.2) is 32.1 Å². The summed E-state index contributed by atoms with van der Waals surface area (Å²) in [7, 11) is 1.75. The number of halogens is 1. The van der Waals surface area contributed by atoms with Crippen LogP contribution in [0.5, 0.6) is 0 Å². The van der Waals surface area contributed by atoms with Crippen LogP contribution < -0.4 is 5.32 Å². The van der Waals surface area contributed by atoms with Crippen LogP contribution in [0.1, 0.15) is 25.7 Å². The SMILES string of the molecule is COCCCCNCCCCBr. The Hall–Kier alpha value is 0.400. The Morgan fingerprint density at radius 1 is 1.08 bits per heavy atom. The summed E-state index contributed by atoms with van der Waals surface area (Å²) in [6, 6.07) is 0.